The second-order valence-electron chi connectivity index (χ2n) is 21.1. The van der Waals surface area contributed by atoms with Gasteiger partial charge in [-0.05, 0) is 110 Å². The average Bonchev–Trinajstić information content (AvgIpc) is 4.11. The summed E-state index contributed by atoms with van der Waals surface area (Å²) < 4.78 is 17.2. The van der Waals surface area contributed by atoms with Crippen molar-refractivity contribution in [3.05, 3.63) is 67.2 Å². The lowest BCUT2D eigenvalue weighted by Crippen LogP contribution is -2.32. The number of nitriles is 3. The van der Waals surface area contributed by atoms with Gasteiger partial charge in [0.05, 0.1) is 5.92 Å². The summed E-state index contributed by atoms with van der Waals surface area (Å²) in [5.41, 5.74) is 1.79. The van der Waals surface area contributed by atoms with Crippen molar-refractivity contribution in [1.82, 2.24) is 14.7 Å². The van der Waals surface area contributed by atoms with Gasteiger partial charge in [-0.25, -0.2) is 14.4 Å². The summed E-state index contributed by atoms with van der Waals surface area (Å²) in [7, 11) is 0. The molecule has 0 saturated carbocycles. The monoisotopic (exact) mass is 916 g/mol. The van der Waals surface area contributed by atoms with Gasteiger partial charge in [-0.15, -0.1) is 0 Å². The molecule has 0 atom stereocenters. The van der Waals surface area contributed by atoms with Crippen LogP contribution in [0.15, 0.2) is 67.2 Å². The number of carbonyl (C=O) groups excluding carboxylic acids is 6. The molecule has 6 rings (SSSR count). The van der Waals surface area contributed by atoms with Crippen molar-refractivity contribution in [1.29, 1.82) is 15.8 Å². The Kier molecular flexibility index (Phi) is 15.8. The van der Waals surface area contributed by atoms with E-state index in [1.54, 1.807) is 0 Å². The molecule has 0 N–H and O–H groups in total. The second-order valence-corrected chi connectivity index (χ2v) is 21.1. The van der Waals surface area contributed by atoms with Crippen LogP contribution in [0.1, 0.15) is 119 Å². The van der Waals surface area contributed by atoms with Crippen LogP contribution in [-0.4, -0.2) is 111 Å². The quantitative estimate of drug-likeness (QED) is 0.0544. The van der Waals surface area contributed by atoms with Crippen LogP contribution >= 0.6 is 0 Å². The zero-order chi connectivity index (χ0) is 48.7. The lowest BCUT2D eigenvalue weighted by Gasteiger charge is -2.38. The minimum Gasteiger partial charge on any atom is -0.461 e. The third-order valence-corrected chi connectivity index (χ3v) is 13.8. The Labute approximate surface area is 394 Å². The Balaban J connectivity index is 1.31. The SMILES string of the molecule is CC1(C)CC(N2CCCC2)=C(C=O)/C(=C(\C#N)C(=O)OCC(COC(=O)/C(C#N)=C2\CC(C)(C)CC(N3CCCC3)=C2C=O)COC(=O)/C(C#N)=C2\CC(C)(C)CC(N3CCCC3)=C2C=O)C1. The Morgan fingerprint density at radius 3 is 0.925 bits per heavy atom. The molecule has 6 aliphatic rings. The van der Waals surface area contributed by atoms with Gasteiger partial charge in [0.15, 0.2) is 18.9 Å². The predicted octanol–water partition coefficient (Wildman–Crippen LogP) is 6.80. The summed E-state index contributed by atoms with van der Waals surface area (Å²) >= 11 is 0. The molecule has 0 bridgehead atoms. The third-order valence-electron chi connectivity index (χ3n) is 13.8. The molecule has 3 heterocycles. The van der Waals surface area contributed by atoms with Crippen molar-refractivity contribution in [2.75, 3.05) is 59.1 Å². The van der Waals surface area contributed by atoms with E-state index in [4.69, 9.17) is 14.2 Å². The molecule has 0 spiro atoms. The maximum atomic E-state index is 14.0. The molecular weight excluding hydrogens is 853 g/mol. The molecule has 0 aromatic carbocycles. The van der Waals surface area contributed by atoms with Gasteiger partial charge in [-0.1, -0.05) is 41.5 Å². The van der Waals surface area contributed by atoms with Crippen molar-refractivity contribution >= 4 is 36.8 Å². The van der Waals surface area contributed by atoms with Gasteiger partial charge in [0.2, 0.25) is 0 Å². The zero-order valence-corrected chi connectivity index (χ0v) is 40.0. The highest BCUT2D eigenvalue weighted by Gasteiger charge is 2.40. The molecule has 0 radical (unpaired) electrons. The molecule has 0 aromatic rings. The number of hydrogen-bond acceptors (Lipinski definition) is 15. The van der Waals surface area contributed by atoms with E-state index in [9.17, 15) is 44.6 Å². The van der Waals surface area contributed by atoms with Crippen molar-refractivity contribution in [3.63, 3.8) is 0 Å². The molecule has 0 aromatic heterocycles. The highest BCUT2D eigenvalue weighted by atomic mass is 16.6. The molecule has 3 fully saturated rings. The Morgan fingerprint density at radius 1 is 0.478 bits per heavy atom. The second kappa shape index (κ2) is 21.1. The summed E-state index contributed by atoms with van der Waals surface area (Å²) in [6.07, 6.45) is 10.3. The minimum absolute atomic E-state index is 0.257. The molecule has 67 heavy (non-hydrogen) atoms. The standard InChI is InChI=1S/C52H64N6O9/c1-50(2)19-35(41(28-59)44(22-50)56-13-7-8-14-56)38(25-53)47(62)65-31-34(32-66-48(63)39(26-54)36-20-51(3,4)23-45(42(36)29-60)57-15-9-10-16-57)33-67-49(64)40(27-55)37-21-52(5,6)24-46(43(37)30-61)58-17-11-12-18-58/h28-30,34H,7-24,31-33H2,1-6H3/b38-35+,39-36+,40-37+. The number of rotatable bonds is 15. The van der Waals surface area contributed by atoms with E-state index in [-0.39, 0.29) is 69.4 Å². The lowest BCUT2D eigenvalue weighted by atomic mass is 9.72. The van der Waals surface area contributed by atoms with Crippen LogP contribution in [0.25, 0.3) is 0 Å². The molecule has 356 valence electrons. The van der Waals surface area contributed by atoms with E-state index in [1.165, 1.54) is 0 Å². The molecule has 3 aliphatic heterocycles. The number of nitrogens with zero attached hydrogens (tertiary/aromatic N) is 6. The fourth-order valence-corrected chi connectivity index (χ4v) is 10.6. The van der Waals surface area contributed by atoms with Crippen LogP contribution in [0, 0.1) is 56.2 Å². The van der Waals surface area contributed by atoms with Crippen LogP contribution in [0.5, 0.6) is 0 Å². The molecule has 3 saturated heterocycles. The Hall–Kier alpha value is -6.27. The first-order chi connectivity index (χ1) is 31.9. The van der Waals surface area contributed by atoms with Crippen LogP contribution in [0.3, 0.4) is 0 Å². The van der Waals surface area contributed by atoms with Gasteiger partial charge in [-0.2, -0.15) is 15.8 Å². The number of likely N-dealkylation sites (tertiary alicyclic amines) is 3. The molecule has 15 heteroatoms. The molecule has 15 nitrogen and oxygen atoms in total. The third kappa shape index (κ3) is 11.5. The number of esters is 3. The van der Waals surface area contributed by atoms with Crippen LogP contribution in [-0.2, 0) is 43.0 Å². The van der Waals surface area contributed by atoms with E-state index < -0.39 is 59.9 Å². The van der Waals surface area contributed by atoms with Crippen molar-refractivity contribution < 1.29 is 43.0 Å². The van der Waals surface area contributed by atoms with E-state index in [2.05, 4.69) is 14.7 Å². The van der Waals surface area contributed by atoms with E-state index >= 15 is 0 Å². The summed E-state index contributed by atoms with van der Waals surface area (Å²) in [4.78, 5) is 86.3. The van der Waals surface area contributed by atoms with Crippen molar-refractivity contribution in [2.45, 2.75) is 119 Å². The Bertz CT molecular complexity index is 2110. The van der Waals surface area contributed by atoms with Crippen LogP contribution in [0.4, 0.5) is 0 Å². The summed E-state index contributed by atoms with van der Waals surface area (Å²) in [5, 5.41) is 31.3. The predicted molar refractivity (Wildman–Crippen MR) is 245 cm³/mol. The lowest BCUT2D eigenvalue weighted by molar-refractivity contribution is -0.148. The number of hydrogen-bond donors (Lipinski definition) is 0. The highest BCUT2D eigenvalue weighted by molar-refractivity contribution is 5.99. The number of ether oxygens (including phenoxy) is 3. The molecule has 0 unspecified atom stereocenters. The average molecular weight is 917 g/mol. The molecule has 3 aliphatic carbocycles. The van der Waals surface area contributed by atoms with Crippen molar-refractivity contribution in [2.24, 2.45) is 22.2 Å². The van der Waals surface area contributed by atoms with Gasteiger partial charge in [0.25, 0.3) is 0 Å². The van der Waals surface area contributed by atoms with E-state index in [0.29, 0.717) is 38.1 Å². The smallest absolute Gasteiger partial charge is 0.349 e. The van der Waals surface area contributed by atoms with Gasteiger partial charge >= 0.3 is 17.9 Å². The first-order valence-corrected chi connectivity index (χ1v) is 23.6. The maximum absolute atomic E-state index is 14.0. The number of aldehydes is 3. The normalized spacial score (nSPS) is 23.6. The summed E-state index contributed by atoms with van der Waals surface area (Å²) in [5.74, 6) is -4.18. The minimum atomic E-state index is -1.09. The van der Waals surface area contributed by atoms with Gasteiger partial charge in [0, 0.05) is 73.1 Å². The van der Waals surface area contributed by atoms with Gasteiger partial charge in [-0.3, -0.25) is 14.4 Å². The molecule has 0 amide bonds. The maximum Gasteiger partial charge on any atom is 0.349 e. The first-order valence-electron chi connectivity index (χ1n) is 23.6. The van der Waals surface area contributed by atoms with E-state index in [1.807, 2.05) is 59.8 Å². The van der Waals surface area contributed by atoms with Crippen LogP contribution < -0.4 is 0 Å². The van der Waals surface area contributed by atoms with E-state index in [0.717, 1.165) is 94.9 Å². The number of carbonyl (C=O) groups is 6. The van der Waals surface area contributed by atoms with Crippen LogP contribution in [0.2, 0.25) is 0 Å². The highest BCUT2D eigenvalue weighted by Crippen LogP contribution is 2.47. The summed E-state index contributed by atoms with van der Waals surface area (Å²) in [6, 6.07) is 5.92. The summed E-state index contributed by atoms with van der Waals surface area (Å²) in [6.45, 7) is 14.9. The van der Waals surface area contributed by atoms with Crippen molar-refractivity contribution in [3.8, 4) is 18.2 Å². The zero-order valence-electron chi connectivity index (χ0n) is 40.0. The topological polar surface area (TPSA) is 211 Å². The Morgan fingerprint density at radius 2 is 0.716 bits per heavy atom. The fraction of sp³-hybridized carbons (Fsp3) is 0.596. The molecular formula is C52H64N6O9. The first kappa shape index (κ1) is 50.1. The van der Waals surface area contributed by atoms with Gasteiger partial charge < -0.3 is 28.9 Å². The number of allylic oxidation sites excluding steroid dienone is 9. The van der Waals surface area contributed by atoms with Gasteiger partial charge in [0.1, 0.15) is 54.7 Å². The largest absolute Gasteiger partial charge is 0.461 e. The fourth-order valence-electron chi connectivity index (χ4n) is 10.6.